The average molecular weight is 728 g/mol. The predicted octanol–water partition coefficient (Wildman–Crippen LogP) is 4.84. The summed E-state index contributed by atoms with van der Waals surface area (Å²) in [6, 6.07) is 19.0. The molecule has 13 heteroatoms. The summed E-state index contributed by atoms with van der Waals surface area (Å²) in [7, 11) is -4.11. The lowest BCUT2D eigenvalue weighted by molar-refractivity contribution is -0.139. The van der Waals surface area contributed by atoms with Crippen LogP contribution in [-0.4, -0.2) is 54.5 Å². The summed E-state index contributed by atoms with van der Waals surface area (Å²) in [5.41, 5.74) is 10.1. The maximum Gasteiger partial charge on any atom is 0.326 e. The minimum atomic E-state index is -4.11. The Labute approximate surface area is 303 Å². The normalized spacial score (nSPS) is 14.6. The molecule has 3 aromatic carbocycles. The number of aliphatic imine (C=N–C) groups is 1. The molecule has 52 heavy (non-hydrogen) atoms. The van der Waals surface area contributed by atoms with Crippen LogP contribution in [0.25, 0.3) is 0 Å². The number of carbonyl (C=O) groups excluding carboxylic acids is 1. The first-order valence-corrected chi connectivity index (χ1v) is 18.6. The second-order valence-corrected chi connectivity index (χ2v) is 15.3. The number of aliphatic carboxylic acids is 1. The summed E-state index contributed by atoms with van der Waals surface area (Å²) < 4.78 is 35.6. The quantitative estimate of drug-likeness (QED) is 0.0777. The molecule has 2 heterocycles. The number of hydrogen-bond donors (Lipinski definition) is 5. The first kappa shape index (κ1) is 37.8. The van der Waals surface area contributed by atoms with E-state index in [1.807, 2.05) is 81.4 Å². The summed E-state index contributed by atoms with van der Waals surface area (Å²) in [6.07, 6.45) is 2.83. The molecule has 1 atom stereocenters. The van der Waals surface area contributed by atoms with Crippen molar-refractivity contribution in [1.82, 2.24) is 15.0 Å². The largest absolute Gasteiger partial charge is 0.487 e. The highest BCUT2D eigenvalue weighted by molar-refractivity contribution is 7.90. The number of fused-ring (bicyclic) bond motifs is 1. The third-order valence-corrected chi connectivity index (χ3v) is 11.1. The Kier molecular flexibility index (Phi) is 11.2. The lowest BCUT2D eigenvalue weighted by Gasteiger charge is -2.35. The number of aromatic amines is 1. The highest BCUT2D eigenvalue weighted by Crippen LogP contribution is 2.42. The Morgan fingerprint density at radius 2 is 1.62 bits per heavy atom. The van der Waals surface area contributed by atoms with Gasteiger partial charge in [0.05, 0.1) is 10.5 Å². The molecule has 0 aliphatic carbocycles. The Balaban J connectivity index is 1.26. The van der Waals surface area contributed by atoms with Crippen LogP contribution in [0.5, 0.6) is 5.75 Å². The number of sulfonamides is 1. The number of benzene rings is 3. The Bertz CT molecular complexity index is 2130. The Hall–Kier alpha value is -5.43. The van der Waals surface area contributed by atoms with E-state index in [0.717, 1.165) is 34.4 Å². The van der Waals surface area contributed by atoms with E-state index in [4.69, 9.17) is 10.5 Å². The maximum absolute atomic E-state index is 13.5. The van der Waals surface area contributed by atoms with Crippen molar-refractivity contribution in [2.45, 2.75) is 82.8 Å². The fourth-order valence-corrected chi connectivity index (χ4v) is 8.18. The van der Waals surface area contributed by atoms with Crippen molar-refractivity contribution in [3.05, 3.63) is 128 Å². The molecule has 4 aromatic rings. The molecule has 0 saturated carbocycles. The number of aromatic nitrogens is 1. The van der Waals surface area contributed by atoms with Crippen molar-refractivity contribution in [2.24, 2.45) is 10.7 Å². The lowest BCUT2D eigenvalue weighted by Crippen LogP contribution is -2.41. The molecule has 1 amide bonds. The van der Waals surface area contributed by atoms with Crippen LogP contribution in [-0.2, 0) is 21.2 Å². The molecule has 0 spiro atoms. The van der Waals surface area contributed by atoms with Crippen molar-refractivity contribution in [3.63, 3.8) is 0 Å². The molecule has 0 saturated heterocycles. The summed E-state index contributed by atoms with van der Waals surface area (Å²) in [5.74, 6) is -2.03. The topological polar surface area (TPSA) is 193 Å². The molecule has 1 aliphatic rings. The number of guanidine groups is 1. The molecular formula is C39H45N5O7S. The van der Waals surface area contributed by atoms with Crippen LogP contribution in [0.3, 0.4) is 0 Å². The fraction of sp³-hybridized carbons (Fsp3) is 0.333. The molecule has 12 nitrogen and oxygen atoms in total. The smallest absolute Gasteiger partial charge is 0.326 e. The van der Waals surface area contributed by atoms with Gasteiger partial charge in [-0.05, 0) is 99.7 Å². The third-order valence-electron chi connectivity index (χ3n) is 9.48. The number of carbonyl (C=O) groups is 2. The van der Waals surface area contributed by atoms with Crippen LogP contribution in [0.2, 0.25) is 0 Å². The molecule has 1 aliphatic heterocycles. The van der Waals surface area contributed by atoms with Gasteiger partial charge in [0.1, 0.15) is 17.4 Å². The fourth-order valence-electron chi connectivity index (χ4n) is 6.66. The summed E-state index contributed by atoms with van der Waals surface area (Å²) in [6.45, 7) is 9.34. The summed E-state index contributed by atoms with van der Waals surface area (Å²) in [4.78, 5) is 45.4. The highest BCUT2D eigenvalue weighted by Gasteiger charge is 2.34. The first-order valence-electron chi connectivity index (χ1n) is 17.1. The number of nitrogens with two attached hydrogens (primary N) is 1. The van der Waals surface area contributed by atoms with Gasteiger partial charge in [0.2, 0.25) is 5.96 Å². The van der Waals surface area contributed by atoms with Gasteiger partial charge in [-0.15, -0.1) is 0 Å². The monoisotopic (exact) mass is 727 g/mol. The van der Waals surface area contributed by atoms with E-state index < -0.39 is 33.9 Å². The number of carboxylic acid groups (broad SMARTS) is 1. The van der Waals surface area contributed by atoms with Gasteiger partial charge >= 0.3 is 5.97 Å². The van der Waals surface area contributed by atoms with E-state index in [1.54, 1.807) is 13.8 Å². The van der Waals surface area contributed by atoms with Gasteiger partial charge in [-0.2, -0.15) is 0 Å². The van der Waals surface area contributed by atoms with Crippen molar-refractivity contribution in [1.29, 1.82) is 0 Å². The second-order valence-electron chi connectivity index (χ2n) is 13.7. The van der Waals surface area contributed by atoms with Crippen molar-refractivity contribution >= 4 is 27.9 Å². The van der Waals surface area contributed by atoms with Crippen LogP contribution in [0, 0.1) is 20.8 Å². The highest BCUT2D eigenvalue weighted by atomic mass is 32.2. The number of nitrogens with one attached hydrogen (secondary N) is 3. The lowest BCUT2D eigenvalue weighted by atomic mass is 9.85. The first-order chi connectivity index (χ1) is 24.6. The third kappa shape index (κ3) is 8.37. The molecule has 0 radical (unpaired) electrons. The van der Waals surface area contributed by atoms with E-state index in [1.165, 1.54) is 12.3 Å². The van der Waals surface area contributed by atoms with Crippen LogP contribution in [0.15, 0.2) is 87.6 Å². The molecule has 274 valence electrons. The number of hydrogen-bond acceptors (Lipinski definition) is 7. The van der Waals surface area contributed by atoms with Crippen molar-refractivity contribution in [3.8, 4) is 5.75 Å². The van der Waals surface area contributed by atoms with Crippen LogP contribution in [0.4, 0.5) is 0 Å². The Morgan fingerprint density at radius 1 is 1.00 bits per heavy atom. The zero-order chi connectivity index (χ0) is 37.8. The average Bonchev–Trinajstić information content (AvgIpc) is 3.09. The molecule has 6 N–H and O–H groups in total. The standard InChI is InChI=1S/C39H45N5O7S/c1-23-24(2)34(25(3)29-18-19-39(4,5)51-33(23)29)52(49,50)44-38(40)41-20-12-17-31(37(47)48)43-35(45)28-21-30(36(46)42-22-28)32(26-13-8-6-9-14-26)27-15-10-7-11-16-27/h6-11,13-16,21-22,31-32H,12,17-20H2,1-5H3,(H,42,46)(H,43,45)(H,47,48)(H3,40,41,44)/t31-/m0/s1. The van der Waals surface area contributed by atoms with Gasteiger partial charge in [-0.1, -0.05) is 60.7 Å². The molecule has 1 aromatic heterocycles. The minimum Gasteiger partial charge on any atom is -0.487 e. The second kappa shape index (κ2) is 15.4. The van der Waals surface area contributed by atoms with E-state index in [2.05, 4.69) is 20.0 Å². The van der Waals surface area contributed by atoms with Gasteiger partial charge < -0.3 is 25.9 Å². The van der Waals surface area contributed by atoms with Crippen molar-refractivity contribution < 1.29 is 27.9 Å². The predicted molar refractivity (Wildman–Crippen MR) is 200 cm³/mol. The van der Waals surface area contributed by atoms with Crippen LogP contribution in [0.1, 0.15) is 88.3 Å². The van der Waals surface area contributed by atoms with Gasteiger partial charge in [0.25, 0.3) is 21.5 Å². The van der Waals surface area contributed by atoms with Gasteiger partial charge in [0.15, 0.2) is 0 Å². The molecule has 5 rings (SSSR count). The van der Waals surface area contributed by atoms with E-state index in [-0.39, 0.29) is 47.0 Å². The Morgan fingerprint density at radius 3 is 2.21 bits per heavy atom. The molecule has 0 fully saturated rings. The summed E-state index contributed by atoms with van der Waals surface area (Å²) >= 11 is 0. The molecule has 0 bridgehead atoms. The number of pyridine rings is 1. The summed E-state index contributed by atoms with van der Waals surface area (Å²) in [5, 5.41) is 12.4. The van der Waals surface area contributed by atoms with Crippen LogP contribution >= 0.6 is 0 Å². The molecular weight excluding hydrogens is 683 g/mol. The number of carboxylic acids is 1. The number of ether oxygens (including phenoxy) is 1. The minimum absolute atomic E-state index is 0.00323. The zero-order valence-corrected chi connectivity index (χ0v) is 30.8. The zero-order valence-electron chi connectivity index (χ0n) is 29.9. The van der Waals surface area contributed by atoms with Gasteiger partial charge in [0, 0.05) is 24.2 Å². The number of nitrogens with zero attached hydrogens (tertiary/aromatic N) is 1. The van der Waals surface area contributed by atoms with E-state index >= 15 is 0 Å². The maximum atomic E-state index is 13.5. The van der Waals surface area contributed by atoms with Crippen molar-refractivity contribution in [2.75, 3.05) is 6.54 Å². The van der Waals surface area contributed by atoms with Gasteiger partial charge in [-0.25, -0.2) is 17.9 Å². The van der Waals surface area contributed by atoms with E-state index in [0.29, 0.717) is 23.1 Å². The number of amides is 1. The van der Waals surface area contributed by atoms with Gasteiger partial charge in [-0.3, -0.25) is 14.6 Å². The van der Waals surface area contributed by atoms with E-state index in [9.17, 15) is 27.9 Å². The molecule has 0 unspecified atom stereocenters. The number of H-pyrrole nitrogens is 1. The SMILES string of the molecule is Cc1c(C)c(S(=O)(=O)NC(N)=NCCC[C@H](NC(=O)c2c[nH]c(=O)c(C(c3ccccc3)c3ccccc3)c2)C(=O)O)c(C)c2c1OC(C)(C)CC2. The van der Waals surface area contributed by atoms with Crippen LogP contribution < -0.4 is 26.1 Å². The number of rotatable bonds is 12.